The quantitative estimate of drug-likeness (QED) is 0.400. The summed E-state index contributed by atoms with van der Waals surface area (Å²) in [5.74, 6) is -0.0955. The number of pyridine rings is 1. The molecule has 2 heterocycles. The summed E-state index contributed by atoms with van der Waals surface area (Å²) in [6.07, 6.45) is 6.21. The van der Waals surface area contributed by atoms with Crippen LogP contribution in [0.3, 0.4) is 0 Å². The highest BCUT2D eigenvalue weighted by atomic mass is 16.2. The first-order valence-corrected chi connectivity index (χ1v) is 5.16. The third-order valence-electron chi connectivity index (χ3n) is 2.07. The van der Waals surface area contributed by atoms with Crippen LogP contribution in [0.15, 0.2) is 42.3 Å². The monoisotopic (exact) mass is 246 g/mol. The molecule has 0 atom stereocenters. The van der Waals surface area contributed by atoms with Crippen LogP contribution >= 0.6 is 0 Å². The third-order valence-corrected chi connectivity index (χ3v) is 2.07. The van der Waals surface area contributed by atoms with E-state index in [4.69, 9.17) is 5.73 Å². The van der Waals surface area contributed by atoms with Gasteiger partial charge in [-0.25, -0.2) is 20.1 Å². The van der Waals surface area contributed by atoms with E-state index < -0.39 is 0 Å². The molecule has 1 amide bonds. The van der Waals surface area contributed by atoms with E-state index in [2.05, 4.69) is 25.6 Å². The van der Waals surface area contributed by atoms with Crippen LogP contribution in [0.25, 0.3) is 0 Å². The number of hydrogen-bond donors (Lipinski definition) is 2. The predicted molar refractivity (Wildman–Crippen MR) is 62.1 cm³/mol. The highest BCUT2D eigenvalue weighted by Crippen LogP contribution is 1.93. The number of carbonyl (C=O) groups is 1. The average Bonchev–Trinajstić information content (AvgIpc) is 2.90. The molecular weight excluding hydrogens is 234 g/mol. The molecule has 0 aromatic carbocycles. The van der Waals surface area contributed by atoms with Gasteiger partial charge in [0.25, 0.3) is 5.91 Å². The Morgan fingerprint density at radius 1 is 1.50 bits per heavy atom. The topological polar surface area (TPSA) is 112 Å². The van der Waals surface area contributed by atoms with E-state index in [1.807, 2.05) is 0 Å². The molecule has 2 aromatic heterocycles. The summed E-state index contributed by atoms with van der Waals surface area (Å²) in [5, 5.41) is 7.64. The van der Waals surface area contributed by atoms with E-state index in [1.165, 1.54) is 17.3 Å². The van der Waals surface area contributed by atoms with Crippen molar-refractivity contribution in [1.29, 1.82) is 0 Å². The molecule has 0 unspecified atom stereocenters. The molecule has 0 spiro atoms. The van der Waals surface area contributed by atoms with E-state index in [0.29, 0.717) is 5.56 Å². The third kappa shape index (κ3) is 3.11. The van der Waals surface area contributed by atoms with Gasteiger partial charge < -0.3 is 5.73 Å². The Kier molecular flexibility index (Phi) is 3.59. The average molecular weight is 246 g/mol. The molecular formula is C10H12N7O+. The van der Waals surface area contributed by atoms with Gasteiger partial charge in [-0.2, -0.15) is 10.2 Å². The Hall–Kier alpha value is -2.77. The first-order valence-electron chi connectivity index (χ1n) is 5.16. The largest absolute Gasteiger partial charge is 0.384 e. The molecule has 0 fully saturated rings. The van der Waals surface area contributed by atoms with Crippen molar-refractivity contribution in [2.75, 3.05) is 0 Å². The fourth-order valence-corrected chi connectivity index (χ4v) is 1.24. The second kappa shape index (κ2) is 5.53. The minimum absolute atomic E-state index is 0.233. The van der Waals surface area contributed by atoms with Crippen LogP contribution in [0.5, 0.6) is 0 Å². The summed E-state index contributed by atoms with van der Waals surface area (Å²) >= 11 is 0. The fraction of sp³-hybridized carbons (Fsp3) is 0.100. The molecule has 8 nitrogen and oxygen atoms in total. The molecule has 0 aliphatic carbocycles. The number of hydrazone groups is 1. The number of amides is 1. The number of carbonyl (C=O) groups excluding carboxylic acids is 1. The fourth-order valence-electron chi connectivity index (χ4n) is 1.24. The molecule has 18 heavy (non-hydrogen) atoms. The molecule has 2 aromatic rings. The van der Waals surface area contributed by atoms with Gasteiger partial charge in [0.15, 0.2) is 12.4 Å². The van der Waals surface area contributed by atoms with Gasteiger partial charge in [-0.1, -0.05) is 0 Å². The summed E-state index contributed by atoms with van der Waals surface area (Å²) in [6, 6.07) is 3.27. The van der Waals surface area contributed by atoms with Crippen molar-refractivity contribution in [1.82, 2.24) is 20.2 Å². The normalized spacial score (nSPS) is 11.2. The second-order valence-electron chi connectivity index (χ2n) is 3.43. The number of aromatic amines is 1. The molecule has 0 radical (unpaired) electrons. The summed E-state index contributed by atoms with van der Waals surface area (Å²) < 4.78 is 1.50. The van der Waals surface area contributed by atoms with Crippen molar-refractivity contribution in [2.45, 2.75) is 6.54 Å². The predicted octanol–water partition coefficient (Wildman–Crippen LogP) is -1.21. The van der Waals surface area contributed by atoms with Gasteiger partial charge in [0.05, 0.1) is 5.56 Å². The van der Waals surface area contributed by atoms with Crippen molar-refractivity contribution < 1.29 is 9.78 Å². The van der Waals surface area contributed by atoms with Crippen molar-refractivity contribution in [3.8, 4) is 0 Å². The van der Waals surface area contributed by atoms with Crippen molar-refractivity contribution in [3.05, 3.63) is 42.7 Å². The van der Waals surface area contributed by atoms with Gasteiger partial charge >= 0.3 is 0 Å². The van der Waals surface area contributed by atoms with E-state index in [1.54, 1.807) is 24.5 Å². The number of aromatic nitrogens is 4. The van der Waals surface area contributed by atoms with Crippen LogP contribution in [0.2, 0.25) is 0 Å². The summed E-state index contributed by atoms with van der Waals surface area (Å²) in [5.41, 5.74) is 8.48. The zero-order valence-corrected chi connectivity index (χ0v) is 9.45. The standard InChI is InChI=1S/C10H11N7O/c11-9(5-17-7-13-6-14-17)15-16-10(18)8-1-3-12-4-2-8/h1-4,6-7H,5H2,(H2,11,15)(H,16,18)/p+1. The molecule has 0 aliphatic heterocycles. The number of nitrogens with zero attached hydrogens (tertiary/aromatic N) is 4. The first kappa shape index (κ1) is 11.7. The molecule has 92 valence electrons. The Balaban J connectivity index is 1.92. The maximum absolute atomic E-state index is 11.6. The molecule has 0 aliphatic rings. The van der Waals surface area contributed by atoms with Gasteiger partial charge in [-0.15, -0.1) is 0 Å². The lowest BCUT2D eigenvalue weighted by Crippen LogP contribution is -2.26. The molecule has 0 bridgehead atoms. The van der Waals surface area contributed by atoms with Gasteiger partial charge in [0.1, 0.15) is 25.0 Å². The summed E-state index contributed by atoms with van der Waals surface area (Å²) in [6.45, 7) is 0.267. The van der Waals surface area contributed by atoms with Crippen LogP contribution in [0.4, 0.5) is 0 Å². The van der Waals surface area contributed by atoms with Crippen LogP contribution in [-0.4, -0.2) is 26.5 Å². The minimum Gasteiger partial charge on any atom is -0.384 e. The Morgan fingerprint density at radius 2 is 2.28 bits per heavy atom. The summed E-state index contributed by atoms with van der Waals surface area (Å²) in [7, 11) is 0. The number of rotatable bonds is 4. The van der Waals surface area contributed by atoms with Gasteiger partial charge in [-0.3, -0.25) is 4.79 Å². The summed E-state index contributed by atoms with van der Waals surface area (Å²) in [4.78, 5) is 18.2. The maximum Gasteiger partial charge on any atom is 0.271 e. The number of nitrogens with two attached hydrogens (primary N) is 1. The number of H-pyrrole nitrogens is 1. The van der Waals surface area contributed by atoms with Crippen LogP contribution in [-0.2, 0) is 6.54 Å². The lowest BCUT2D eigenvalue weighted by molar-refractivity contribution is -0.378. The molecule has 4 N–H and O–H groups in total. The van der Waals surface area contributed by atoms with Crippen LogP contribution in [0, 0.1) is 0 Å². The Morgan fingerprint density at radius 3 is 2.94 bits per heavy atom. The van der Waals surface area contributed by atoms with Gasteiger partial charge in [0.2, 0.25) is 0 Å². The zero-order valence-electron chi connectivity index (χ0n) is 9.45. The number of amidine groups is 1. The van der Waals surface area contributed by atoms with E-state index in [9.17, 15) is 4.79 Å². The smallest absolute Gasteiger partial charge is 0.271 e. The van der Waals surface area contributed by atoms with Crippen molar-refractivity contribution in [2.24, 2.45) is 10.8 Å². The zero-order chi connectivity index (χ0) is 12.8. The van der Waals surface area contributed by atoms with Gasteiger partial charge in [-0.05, 0) is 0 Å². The molecule has 0 saturated carbocycles. The van der Waals surface area contributed by atoms with Gasteiger partial charge in [0, 0.05) is 12.1 Å². The molecule has 2 rings (SSSR count). The highest BCUT2D eigenvalue weighted by molar-refractivity contribution is 5.94. The molecule has 0 saturated heterocycles. The van der Waals surface area contributed by atoms with Crippen molar-refractivity contribution in [3.63, 3.8) is 0 Å². The molecule has 8 heteroatoms. The first-order chi connectivity index (χ1) is 8.75. The minimum atomic E-state index is -0.328. The van der Waals surface area contributed by atoms with Crippen LogP contribution in [0.1, 0.15) is 10.4 Å². The second-order valence-corrected chi connectivity index (χ2v) is 3.43. The van der Waals surface area contributed by atoms with E-state index >= 15 is 0 Å². The number of hydrogen-bond acceptors (Lipinski definition) is 4. The maximum atomic E-state index is 11.6. The lowest BCUT2D eigenvalue weighted by atomic mass is 10.3. The van der Waals surface area contributed by atoms with Crippen LogP contribution < -0.4 is 16.1 Å². The van der Waals surface area contributed by atoms with Crippen molar-refractivity contribution >= 4 is 11.7 Å². The highest BCUT2D eigenvalue weighted by Gasteiger charge is 2.05. The Bertz CT molecular complexity index is 535. The Labute approximate surface area is 103 Å². The SMILES string of the molecule is NC(Cn1cncn1)=NNC(=O)c1cc[nH+]cc1. The number of nitrogens with one attached hydrogen (secondary N) is 2. The lowest BCUT2D eigenvalue weighted by Gasteiger charge is -2.01. The van der Waals surface area contributed by atoms with E-state index in [0.717, 1.165) is 0 Å². The van der Waals surface area contributed by atoms with E-state index in [-0.39, 0.29) is 18.3 Å².